The van der Waals surface area contributed by atoms with Crippen LogP contribution in [0.25, 0.3) is 0 Å². The van der Waals surface area contributed by atoms with Gasteiger partial charge in [-0.05, 0) is 6.08 Å². The molecule has 1 nitrogen and oxygen atoms in total. The van der Waals surface area contributed by atoms with E-state index < -0.39 is 5.83 Å². The van der Waals surface area contributed by atoms with Gasteiger partial charge in [-0.1, -0.05) is 19.2 Å². The van der Waals surface area contributed by atoms with Crippen LogP contribution in [-0.2, 0) is 4.74 Å². The summed E-state index contributed by atoms with van der Waals surface area (Å²) in [4.78, 5) is 0. The second-order valence-electron chi connectivity index (χ2n) is 1.38. The fraction of sp³-hybridized carbons (Fsp3) is 0.111. The molecule has 0 aromatic carbocycles. The summed E-state index contributed by atoms with van der Waals surface area (Å²) in [5.41, 5.74) is 0. The molecule has 0 N–H and O–H groups in total. The minimum Gasteiger partial charge on any atom is -0.494 e. The summed E-state index contributed by atoms with van der Waals surface area (Å²) in [5, 5.41) is 0. The molecule has 0 saturated heterocycles. The van der Waals surface area contributed by atoms with E-state index in [1.54, 1.807) is 0 Å². The van der Waals surface area contributed by atoms with E-state index in [1.807, 2.05) is 0 Å². The monoisotopic (exact) mass is 156 g/mol. The minimum atomic E-state index is -0.586. The van der Waals surface area contributed by atoms with E-state index in [-0.39, 0.29) is 5.76 Å². The first-order valence-corrected chi connectivity index (χ1v) is 2.94. The molecule has 0 aromatic heterocycles. The van der Waals surface area contributed by atoms with Gasteiger partial charge in [0.25, 0.3) is 0 Å². The van der Waals surface area contributed by atoms with Crippen LogP contribution >= 0.6 is 0 Å². The van der Waals surface area contributed by atoms with E-state index in [1.165, 1.54) is 19.3 Å². The highest BCUT2D eigenvalue weighted by molar-refractivity contribution is 5.19. The van der Waals surface area contributed by atoms with Gasteiger partial charge in [0.05, 0.1) is 7.11 Å². The van der Waals surface area contributed by atoms with Gasteiger partial charge in [-0.3, -0.25) is 0 Å². The van der Waals surface area contributed by atoms with Crippen molar-refractivity contribution in [1.29, 1.82) is 0 Å². The number of halogens is 1. The Morgan fingerprint density at radius 2 is 1.91 bits per heavy atom. The zero-order chi connectivity index (χ0) is 9.28. The van der Waals surface area contributed by atoms with Gasteiger partial charge in [-0.2, -0.15) is 0 Å². The summed E-state index contributed by atoms with van der Waals surface area (Å²) in [5.74, 6) is -0.470. The SMILES string of the molecule is C=C.C=C/C=C(/OC)C(=C)F. The Hall–Kier alpha value is -1.31. The number of rotatable bonds is 3. The van der Waals surface area contributed by atoms with Crippen molar-refractivity contribution >= 4 is 0 Å². The van der Waals surface area contributed by atoms with Gasteiger partial charge in [0.15, 0.2) is 11.6 Å². The molecule has 0 aliphatic rings. The summed E-state index contributed by atoms with van der Waals surface area (Å²) in [6, 6.07) is 0. The minimum absolute atomic E-state index is 0.116. The lowest BCUT2D eigenvalue weighted by atomic mass is 10.4. The zero-order valence-corrected chi connectivity index (χ0v) is 6.77. The highest BCUT2D eigenvalue weighted by Gasteiger charge is 1.96. The van der Waals surface area contributed by atoms with Crippen LogP contribution in [0.15, 0.2) is 50.1 Å². The third-order valence-electron chi connectivity index (χ3n) is 0.757. The van der Waals surface area contributed by atoms with Crippen LogP contribution in [0.5, 0.6) is 0 Å². The van der Waals surface area contributed by atoms with Crippen molar-refractivity contribution in [2.24, 2.45) is 0 Å². The summed E-state index contributed by atoms with van der Waals surface area (Å²) in [7, 11) is 1.38. The van der Waals surface area contributed by atoms with Crippen molar-refractivity contribution in [1.82, 2.24) is 0 Å². The molecule has 62 valence electrons. The van der Waals surface area contributed by atoms with Crippen LogP contribution in [0.1, 0.15) is 0 Å². The van der Waals surface area contributed by atoms with Crippen LogP contribution in [0, 0.1) is 0 Å². The summed E-state index contributed by atoms with van der Waals surface area (Å²) in [6.45, 7) is 12.4. The first-order valence-electron chi connectivity index (χ1n) is 2.94. The molecule has 0 atom stereocenters. The predicted octanol–water partition coefficient (Wildman–Crippen LogP) is 2.99. The van der Waals surface area contributed by atoms with Crippen LogP contribution < -0.4 is 0 Å². The molecule has 0 spiro atoms. The predicted molar refractivity (Wildman–Crippen MR) is 46.8 cm³/mol. The van der Waals surface area contributed by atoms with Gasteiger partial charge in [-0.25, -0.2) is 4.39 Å². The lowest BCUT2D eigenvalue weighted by molar-refractivity contribution is 0.284. The fourth-order valence-electron chi connectivity index (χ4n) is 0.376. The summed E-state index contributed by atoms with van der Waals surface area (Å²) in [6.07, 6.45) is 2.84. The third-order valence-corrected chi connectivity index (χ3v) is 0.757. The second kappa shape index (κ2) is 8.69. The van der Waals surface area contributed by atoms with Gasteiger partial charge < -0.3 is 4.74 Å². The van der Waals surface area contributed by atoms with E-state index in [0.717, 1.165) is 0 Å². The van der Waals surface area contributed by atoms with Crippen LogP contribution in [0.2, 0.25) is 0 Å². The van der Waals surface area contributed by atoms with Gasteiger partial charge in [0, 0.05) is 0 Å². The molecular weight excluding hydrogens is 143 g/mol. The highest BCUT2D eigenvalue weighted by Crippen LogP contribution is 2.08. The van der Waals surface area contributed by atoms with Gasteiger partial charge in [0.2, 0.25) is 0 Å². The van der Waals surface area contributed by atoms with E-state index in [9.17, 15) is 4.39 Å². The molecule has 0 saturated carbocycles. The molecule has 11 heavy (non-hydrogen) atoms. The van der Waals surface area contributed by atoms with Crippen molar-refractivity contribution in [2.75, 3.05) is 7.11 Å². The Morgan fingerprint density at radius 1 is 1.45 bits per heavy atom. The first kappa shape index (κ1) is 12.4. The molecule has 0 bridgehead atoms. The normalized spacial score (nSPS) is 9.09. The van der Waals surface area contributed by atoms with Crippen molar-refractivity contribution in [3.05, 3.63) is 50.1 Å². The Balaban J connectivity index is 0. The van der Waals surface area contributed by atoms with E-state index in [2.05, 4.69) is 31.1 Å². The smallest absolute Gasteiger partial charge is 0.157 e. The van der Waals surface area contributed by atoms with Crippen LogP contribution in [-0.4, -0.2) is 7.11 Å². The zero-order valence-electron chi connectivity index (χ0n) is 6.77. The Bertz CT molecular complexity index is 159. The van der Waals surface area contributed by atoms with Crippen molar-refractivity contribution in [2.45, 2.75) is 0 Å². The average molecular weight is 156 g/mol. The summed E-state index contributed by atoms with van der Waals surface area (Å²) >= 11 is 0. The fourth-order valence-corrected chi connectivity index (χ4v) is 0.376. The number of hydrogen-bond acceptors (Lipinski definition) is 1. The third kappa shape index (κ3) is 6.58. The lowest BCUT2D eigenvalue weighted by Crippen LogP contribution is -1.83. The van der Waals surface area contributed by atoms with E-state index >= 15 is 0 Å². The lowest BCUT2D eigenvalue weighted by Gasteiger charge is -1.98. The van der Waals surface area contributed by atoms with E-state index in [4.69, 9.17) is 0 Å². The molecule has 0 radical (unpaired) electrons. The van der Waals surface area contributed by atoms with Gasteiger partial charge >= 0.3 is 0 Å². The quantitative estimate of drug-likeness (QED) is 0.347. The summed E-state index contributed by atoms with van der Waals surface area (Å²) < 4.78 is 16.7. The maximum Gasteiger partial charge on any atom is 0.157 e. The van der Waals surface area contributed by atoms with Crippen molar-refractivity contribution in [3.63, 3.8) is 0 Å². The molecule has 0 unspecified atom stereocenters. The standard InChI is InChI=1S/C7H9FO.C2H4/c1-4-5-7(9-3)6(2)8;1-2/h4-5H,1-2H2,3H3;1-2H2/b7-5+;. The Morgan fingerprint density at radius 3 is 2.00 bits per heavy atom. The topological polar surface area (TPSA) is 9.23 Å². The molecule has 0 aliphatic heterocycles. The molecule has 0 amide bonds. The van der Waals surface area contributed by atoms with Crippen molar-refractivity contribution < 1.29 is 9.13 Å². The maximum absolute atomic E-state index is 12.1. The van der Waals surface area contributed by atoms with Gasteiger partial charge in [0.1, 0.15) is 0 Å². The van der Waals surface area contributed by atoms with Crippen LogP contribution in [0.3, 0.4) is 0 Å². The molecule has 0 aromatic rings. The highest BCUT2D eigenvalue weighted by atomic mass is 19.1. The first-order chi connectivity index (χ1) is 5.22. The largest absolute Gasteiger partial charge is 0.494 e. The number of allylic oxidation sites excluding steroid dienone is 3. The number of hydrogen-bond donors (Lipinski definition) is 0. The van der Waals surface area contributed by atoms with Gasteiger partial charge in [-0.15, -0.1) is 13.2 Å². The average Bonchev–Trinajstić information content (AvgIpc) is 2.03. The molecule has 0 rings (SSSR count). The molecule has 2 heteroatoms. The molecule has 0 aliphatic carbocycles. The molecule has 0 fully saturated rings. The Kier molecular flexibility index (Phi) is 9.78. The molecule has 0 heterocycles. The number of ether oxygens (including phenoxy) is 1. The Labute approximate surface area is 67.2 Å². The molecular formula is C9H13FO. The number of methoxy groups -OCH3 is 1. The van der Waals surface area contributed by atoms with Crippen molar-refractivity contribution in [3.8, 4) is 0 Å². The maximum atomic E-state index is 12.1. The second-order valence-corrected chi connectivity index (χ2v) is 1.38. The van der Waals surface area contributed by atoms with Crippen LogP contribution in [0.4, 0.5) is 4.39 Å². The van der Waals surface area contributed by atoms with E-state index in [0.29, 0.717) is 0 Å².